The Morgan fingerprint density at radius 1 is 0.983 bits per heavy atom. The summed E-state index contributed by atoms with van der Waals surface area (Å²) >= 11 is 0. The molecule has 2 fully saturated rings. The monoisotopic (exact) mass is 860 g/mol. The van der Waals surface area contributed by atoms with Crippen LogP contribution < -0.4 is 22.3 Å². The number of nitrogens with two attached hydrogens (primary N) is 2. The van der Waals surface area contributed by atoms with Crippen LogP contribution in [-0.4, -0.2) is 119 Å². The summed E-state index contributed by atoms with van der Waals surface area (Å²) in [6, 6.07) is 5.64. The predicted molar refractivity (Wildman–Crippen MR) is 215 cm³/mol. The van der Waals surface area contributed by atoms with Crippen molar-refractivity contribution in [3.8, 4) is 0 Å². The molecule has 7 heterocycles. The highest BCUT2D eigenvalue weighted by Gasteiger charge is 2.44. The number of ether oxygens (including phenoxy) is 4. The second-order valence-corrected chi connectivity index (χ2v) is 17.8. The van der Waals surface area contributed by atoms with Gasteiger partial charge >= 0.3 is 7.60 Å². The van der Waals surface area contributed by atoms with Gasteiger partial charge in [0, 0.05) is 51.0 Å². The van der Waals surface area contributed by atoms with Crippen molar-refractivity contribution in [2.45, 2.75) is 75.0 Å². The van der Waals surface area contributed by atoms with Gasteiger partial charge in [0.15, 0.2) is 22.6 Å². The highest BCUT2D eigenvalue weighted by Crippen LogP contribution is 2.52. The Hall–Kier alpha value is -4.19. The Labute approximate surface area is 340 Å². The van der Waals surface area contributed by atoms with Gasteiger partial charge < -0.3 is 44.8 Å². The summed E-state index contributed by atoms with van der Waals surface area (Å²) < 4.78 is 55.5. The minimum Gasteiger partial charge on any atom is -0.382 e. The zero-order valence-electron chi connectivity index (χ0n) is 31.7. The lowest BCUT2D eigenvalue weighted by Crippen LogP contribution is -2.33. The van der Waals surface area contributed by atoms with E-state index in [-0.39, 0.29) is 67.6 Å². The normalized spacial score (nSPS) is 23.1. The van der Waals surface area contributed by atoms with E-state index in [1.54, 1.807) is 21.7 Å². The number of pyridine rings is 1. The van der Waals surface area contributed by atoms with Gasteiger partial charge in [0.1, 0.15) is 41.5 Å². The SMILES string of the molecule is CCOCC1OC(n2cnc3c(=O)[nH]c(N)nc32)CC1OP(=O)(CCNC(=O)CCSSc1ccccn1)OCC1OC(n2cnc3c(N)ncnc32)CC1OCC. The van der Waals surface area contributed by atoms with Gasteiger partial charge in [-0.3, -0.25) is 28.3 Å². The van der Waals surface area contributed by atoms with Crippen LogP contribution in [0.1, 0.15) is 45.6 Å². The first kappa shape index (κ1) is 42.0. The van der Waals surface area contributed by atoms with E-state index in [9.17, 15) is 14.2 Å². The molecular weight excluding hydrogens is 816 g/mol. The standard InChI is InChI=1S/C34H45N12O9PS2/c1-3-50-15-22-21(14-27(53-22)46-19-42-29-32(46)43-34(36)44-33(29)48)55-56(49,11-10-37-24(47)8-12-57-58-25-7-5-6-9-38-25)52-16-23-20(51-4-2)13-26(54-23)45-18-41-28-30(35)39-17-40-31(28)45/h5-7,9,17-23,26-27H,3-4,8,10-16H2,1-2H3,(H,37,47)(H2,35,39,40)(H3,36,43,44,48). The number of nitrogens with one attached hydrogen (secondary N) is 2. The van der Waals surface area contributed by atoms with Crippen molar-refractivity contribution in [3.05, 3.63) is 53.7 Å². The average Bonchev–Trinajstić information content (AvgIpc) is 4.01. The Morgan fingerprint density at radius 3 is 2.50 bits per heavy atom. The minimum absolute atomic E-state index is 0.00458. The van der Waals surface area contributed by atoms with Crippen LogP contribution in [0.2, 0.25) is 0 Å². The third-order valence-electron chi connectivity index (χ3n) is 9.32. The van der Waals surface area contributed by atoms with Crippen LogP contribution in [0.3, 0.4) is 0 Å². The van der Waals surface area contributed by atoms with Crippen molar-refractivity contribution in [3.63, 3.8) is 0 Å². The molecule has 6 N–H and O–H groups in total. The van der Waals surface area contributed by atoms with Crippen LogP contribution in [0.5, 0.6) is 0 Å². The largest absolute Gasteiger partial charge is 0.382 e. The number of carbonyl (C=O) groups excluding carboxylic acids is 1. The fourth-order valence-electron chi connectivity index (χ4n) is 6.61. The molecule has 0 aliphatic carbocycles. The molecule has 2 saturated heterocycles. The van der Waals surface area contributed by atoms with Crippen LogP contribution >= 0.6 is 29.2 Å². The molecule has 2 aliphatic heterocycles. The van der Waals surface area contributed by atoms with E-state index in [1.165, 1.54) is 34.2 Å². The van der Waals surface area contributed by atoms with E-state index in [0.29, 0.717) is 36.6 Å². The molecule has 312 valence electrons. The van der Waals surface area contributed by atoms with Crippen LogP contribution in [0.4, 0.5) is 11.8 Å². The molecule has 2 aliphatic rings. The quantitative estimate of drug-likeness (QED) is 0.0497. The number of imidazole rings is 2. The smallest absolute Gasteiger partial charge is 0.332 e. The summed E-state index contributed by atoms with van der Waals surface area (Å²) in [5.41, 5.74) is 12.6. The fourth-order valence-corrected chi connectivity index (χ4v) is 10.2. The van der Waals surface area contributed by atoms with Gasteiger partial charge in [0.2, 0.25) is 11.9 Å². The topological polar surface area (TPSA) is 274 Å². The molecule has 0 radical (unpaired) electrons. The van der Waals surface area contributed by atoms with Crippen molar-refractivity contribution in [1.29, 1.82) is 0 Å². The van der Waals surface area contributed by atoms with Crippen molar-refractivity contribution in [1.82, 2.24) is 49.3 Å². The first-order valence-electron chi connectivity index (χ1n) is 18.7. The van der Waals surface area contributed by atoms with Crippen LogP contribution in [-0.2, 0) is 37.4 Å². The van der Waals surface area contributed by atoms with Gasteiger partial charge in [-0.15, -0.1) is 0 Å². The number of hydrogen-bond donors (Lipinski definition) is 4. The van der Waals surface area contributed by atoms with E-state index in [2.05, 4.69) is 40.2 Å². The Bertz CT molecular complexity index is 2270. The lowest BCUT2D eigenvalue weighted by Gasteiger charge is -2.27. The van der Waals surface area contributed by atoms with E-state index < -0.39 is 50.0 Å². The highest BCUT2D eigenvalue weighted by molar-refractivity contribution is 8.76. The highest BCUT2D eigenvalue weighted by atomic mass is 33.1. The molecule has 1 amide bonds. The van der Waals surface area contributed by atoms with E-state index in [1.807, 2.05) is 32.0 Å². The molecule has 7 atom stereocenters. The number of H-pyrrole nitrogens is 1. The van der Waals surface area contributed by atoms with Gasteiger partial charge in [-0.1, -0.05) is 16.9 Å². The third kappa shape index (κ3) is 9.97. The summed E-state index contributed by atoms with van der Waals surface area (Å²) in [7, 11) is -1.04. The molecule has 5 aromatic heterocycles. The molecule has 58 heavy (non-hydrogen) atoms. The van der Waals surface area contributed by atoms with Crippen molar-refractivity contribution in [2.75, 3.05) is 56.4 Å². The van der Waals surface area contributed by atoms with E-state index in [0.717, 1.165) is 5.03 Å². The fraction of sp³-hybridized carbons (Fsp3) is 0.529. The van der Waals surface area contributed by atoms with Crippen molar-refractivity contribution in [2.24, 2.45) is 0 Å². The molecule has 0 bridgehead atoms. The molecule has 0 aromatic carbocycles. The van der Waals surface area contributed by atoms with Crippen LogP contribution in [0.25, 0.3) is 22.3 Å². The Balaban J connectivity index is 1.06. The summed E-state index contributed by atoms with van der Waals surface area (Å²) in [6.07, 6.45) is 2.86. The van der Waals surface area contributed by atoms with Gasteiger partial charge in [0.25, 0.3) is 5.56 Å². The minimum atomic E-state index is -4.03. The summed E-state index contributed by atoms with van der Waals surface area (Å²) in [4.78, 5) is 53.3. The summed E-state index contributed by atoms with van der Waals surface area (Å²) in [5.74, 6) is 0.480. The number of hydrogen-bond acceptors (Lipinski definition) is 19. The number of carbonyl (C=O) groups is 1. The van der Waals surface area contributed by atoms with Gasteiger partial charge in [-0.2, -0.15) is 4.98 Å². The first-order valence-corrected chi connectivity index (χ1v) is 22.7. The number of aromatic nitrogens is 9. The average molecular weight is 861 g/mol. The van der Waals surface area contributed by atoms with Gasteiger partial charge in [-0.25, -0.2) is 24.9 Å². The third-order valence-corrected chi connectivity index (χ3v) is 13.5. The van der Waals surface area contributed by atoms with Gasteiger partial charge in [0.05, 0.1) is 44.2 Å². The molecule has 7 unspecified atom stereocenters. The maximum Gasteiger partial charge on any atom is 0.332 e. The molecule has 5 aromatic rings. The number of amides is 1. The second kappa shape index (κ2) is 19.3. The number of fused-ring (bicyclic) bond motifs is 2. The van der Waals surface area contributed by atoms with Gasteiger partial charge in [-0.05, 0) is 36.8 Å². The summed E-state index contributed by atoms with van der Waals surface area (Å²) in [5, 5.41) is 3.70. The molecule has 7 rings (SSSR count). The van der Waals surface area contributed by atoms with Crippen molar-refractivity contribution >= 4 is 69.2 Å². The number of nitrogens with zero attached hydrogens (tertiary/aromatic N) is 8. The lowest BCUT2D eigenvalue weighted by molar-refractivity contribution is -0.120. The maximum atomic E-state index is 14.9. The molecule has 0 spiro atoms. The Morgan fingerprint density at radius 2 is 1.74 bits per heavy atom. The zero-order valence-corrected chi connectivity index (χ0v) is 34.3. The molecule has 21 nitrogen and oxygen atoms in total. The second-order valence-electron chi connectivity index (χ2n) is 13.2. The molecule has 24 heteroatoms. The van der Waals surface area contributed by atoms with Crippen LogP contribution in [0, 0.1) is 0 Å². The Kier molecular flexibility index (Phi) is 13.9. The molecular formula is C34H45N12O9PS2. The number of anilines is 2. The van der Waals surface area contributed by atoms with Crippen LogP contribution in [0.15, 0.2) is 53.2 Å². The van der Waals surface area contributed by atoms with Crippen molar-refractivity contribution < 1.29 is 37.4 Å². The predicted octanol–water partition coefficient (Wildman–Crippen LogP) is 3.08. The number of aromatic amines is 1. The summed E-state index contributed by atoms with van der Waals surface area (Å²) in [6.45, 7) is 4.45. The number of rotatable bonds is 20. The van der Waals surface area contributed by atoms with E-state index in [4.69, 9.17) is 39.5 Å². The zero-order chi connectivity index (χ0) is 40.6. The molecule has 0 saturated carbocycles. The number of nitrogen functional groups attached to an aromatic ring is 2. The maximum absolute atomic E-state index is 14.9. The lowest BCUT2D eigenvalue weighted by atomic mass is 10.2. The van der Waals surface area contributed by atoms with E-state index >= 15 is 0 Å². The first-order chi connectivity index (χ1) is 28.1.